The summed E-state index contributed by atoms with van der Waals surface area (Å²) < 4.78 is 1.32. The number of thioether (sulfide) groups is 1. The number of benzene rings is 2. The minimum atomic E-state index is -1.93. The Kier molecular flexibility index (Phi) is 5.20. The van der Waals surface area contributed by atoms with Gasteiger partial charge in [0.05, 0.1) is 5.44 Å². The van der Waals surface area contributed by atoms with Crippen LogP contribution >= 0.6 is 11.8 Å². The van der Waals surface area contributed by atoms with Crippen LogP contribution in [0.4, 0.5) is 0 Å². The maximum absolute atomic E-state index is 13.5. The Morgan fingerprint density at radius 1 is 0.971 bits per heavy atom. The molecule has 164 valence electrons. The van der Waals surface area contributed by atoms with Gasteiger partial charge in [0.2, 0.25) is 5.43 Å². The van der Waals surface area contributed by atoms with E-state index in [-0.39, 0.29) is 5.69 Å². The molecule has 2 aromatic carbocycles. The Morgan fingerprint density at radius 3 is 2.32 bits per heavy atom. The normalized spacial score (nSPS) is 21.0. The molecule has 6 nitrogen and oxygen atoms in total. The number of pyridine rings is 1. The molecule has 0 bridgehead atoms. The van der Waals surface area contributed by atoms with E-state index in [1.165, 1.54) is 20.8 Å². The summed E-state index contributed by atoms with van der Waals surface area (Å²) in [6, 6.07) is 16.1. The zero-order valence-electron chi connectivity index (χ0n) is 18.8. The molecule has 6 radical (unpaired) electrons. The molecule has 1 unspecified atom stereocenters. The van der Waals surface area contributed by atoms with Gasteiger partial charge < -0.3 is 15.0 Å². The Hall–Kier alpha value is -3.00. The van der Waals surface area contributed by atoms with Gasteiger partial charge in [0.15, 0.2) is 11.4 Å². The molecule has 0 fully saturated rings. The van der Waals surface area contributed by atoms with Crippen LogP contribution in [0.3, 0.4) is 0 Å². The molecule has 0 saturated heterocycles. The van der Waals surface area contributed by atoms with Crippen molar-refractivity contribution in [3.8, 4) is 5.75 Å². The number of fused-ring (bicyclic) bond motifs is 3. The van der Waals surface area contributed by atoms with Crippen molar-refractivity contribution in [3.63, 3.8) is 0 Å². The van der Waals surface area contributed by atoms with Crippen LogP contribution < -0.4 is 10.4 Å². The molecule has 0 spiro atoms. The first-order chi connectivity index (χ1) is 16.1. The topological polar surface area (TPSA) is 65.8 Å². The quantitative estimate of drug-likeness (QED) is 0.590. The van der Waals surface area contributed by atoms with E-state index in [0.717, 1.165) is 27.7 Å². The number of hydrogen-bond donors (Lipinski definition) is 1. The largest absolute Gasteiger partial charge is 0.502 e. The van der Waals surface area contributed by atoms with Gasteiger partial charge in [-0.3, -0.25) is 14.3 Å². The van der Waals surface area contributed by atoms with Gasteiger partial charge in [-0.25, -0.2) is 0 Å². The SMILES string of the molecule is [B]C1(N2n3ccc(=O)c(O)c3C(=O)N(C(C)C)C2([B])[B])c2ccccc2CSc2ccccc21. The number of amides is 1. The summed E-state index contributed by atoms with van der Waals surface area (Å²) in [6.45, 7) is 3.51. The molecular formula is C24H20B3N3O3S. The van der Waals surface area contributed by atoms with Crippen LogP contribution in [-0.2, 0) is 11.2 Å². The number of carbonyl (C=O) groups is 1. The Bertz CT molecular complexity index is 1330. The van der Waals surface area contributed by atoms with Crippen molar-refractivity contribution < 1.29 is 9.90 Å². The molecule has 1 N–H and O–H groups in total. The average molecular weight is 463 g/mol. The van der Waals surface area contributed by atoms with Crippen molar-refractivity contribution in [2.24, 2.45) is 0 Å². The summed E-state index contributed by atoms with van der Waals surface area (Å²) in [5.74, 6) is -0.691. The van der Waals surface area contributed by atoms with Crippen molar-refractivity contribution in [3.05, 3.63) is 93.4 Å². The number of aromatic nitrogens is 1. The Balaban J connectivity index is 1.93. The van der Waals surface area contributed by atoms with E-state index < -0.39 is 34.0 Å². The van der Waals surface area contributed by atoms with Crippen molar-refractivity contribution in [1.82, 2.24) is 9.58 Å². The predicted molar refractivity (Wildman–Crippen MR) is 135 cm³/mol. The van der Waals surface area contributed by atoms with Gasteiger partial charge in [-0.2, -0.15) is 0 Å². The smallest absolute Gasteiger partial charge is 0.277 e. The third kappa shape index (κ3) is 3.01. The lowest BCUT2D eigenvalue weighted by molar-refractivity contribution is 0.0506. The lowest BCUT2D eigenvalue weighted by atomic mass is 9.58. The minimum Gasteiger partial charge on any atom is -0.502 e. The van der Waals surface area contributed by atoms with Gasteiger partial charge in [-0.15, -0.1) is 11.8 Å². The van der Waals surface area contributed by atoms with Gasteiger partial charge >= 0.3 is 0 Å². The van der Waals surface area contributed by atoms with Crippen molar-refractivity contribution in [2.75, 3.05) is 5.01 Å². The summed E-state index contributed by atoms with van der Waals surface area (Å²) >= 11 is 1.64. The second-order valence-electron chi connectivity index (χ2n) is 8.79. The highest BCUT2D eigenvalue weighted by Gasteiger charge is 2.53. The molecule has 5 rings (SSSR count). The van der Waals surface area contributed by atoms with E-state index in [1.54, 1.807) is 25.6 Å². The van der Waals surface area contributed by atoms with E-state index in [2.05, 4.69) is 0 Å². The standard InChI is InChI=1S/C24H20B3N3O3S/c1-14(2)29-22(33)20-21(32)18(31)11-12-28(20)30(24(29,26)27)23(25)16-8-4-3-7-15(16)13-34-19-10-6-5-9-17(19)23/h3-12,14,32H,13H2,1-2H3. The molecule has 3 heterocycles. The Morgan fingerprint density at radius 2 is 1.62 bits per heavy atom. The average Bonchev–Trinajstić information content (AvgIpc) is 2.91. The fourth-order valence-corrected chi connectivity index (χ4v) is 6.11. The van der Waals surface area contributed by atoms with E-state index >= 15 is 0 Å². The molecule has 1 amide bonds. The first-order valence-electron chi connectivity index (χ1n) is 10.9. The monoisotopic (exact) mass is 463 g/mol. The number of hydrogen-bond acceptors (Lipinski definition) is 5. The highest BCUT2D eigenvalue weighted by molar-refractivity contribution is 7.98. The third-order valence-corrected chi connectivity index (χ3v) is 7.50. The zero-order valence-corrected chi connectivity index (χ0v) is 19.6. The number of carbonyl (C=O) groups excluding carboxylic acids is 1. The summed E-state index contributed by atoms with van der Waals surface area (Å²) in [4.78, 5) is 28.0. The second kappa shape index (κ2) is 7.77. The van der Waals surface area contributed by atoms with E-state index in [1.807, 2.05) is 48.5 Å². The van der Waals surface area contributed by atoms with Crippen LogP contribution in [0.1, 0.15) is 41.0 Å². The highest BCUT2D eigenvalue weighted by atomic mass is 32.2. The van der Waals surface area contributed by atoms with Gasteiger partial charge in [-0.05, 0) is 36.6 Å². The van der Waals surface area contributed by atoms with Crippen molar-refractivity contribution in [2.45, 2.75) is 41.4 Å². The molecule has 3 aromatic rings. The number of rotatable bonds is 2. The molecule has 2 aliphatic heterocycles. The summed E-state index contributed by atoms with van der Waals surface area (Å²) in [5, 5.41) is 12.2. The van der Waals surface area contributed by atoms with Crippen LogP contribution in [-0.4, -0.2) is 55.6 Å². The van der Waals surface area contributed by atoms with Crippen LogP contribution in [0, 0.1) is 0 Å². The molecule has 2 aliphatic rings. The van der Waals surface area contributed by atoms with Gasteiger partial charge in [0.25, 0.3) is 5.91 Å². The van der Waals surface area contributed by atoms with Crippen LogP contribution in [0.2, 0.25) is 0 Å². The van der Waals surface area contributed by atoms with Gasteiger partial charge in [0.1, 0.15) is 23.5 Å². The summed E-state index contributed by atoms with van der Waals surface area (Å²) in [5.41, 5.74) is -1.88. The molecule has 34 heavy (non-hydrogen) atoms. The highest BCUT2D eigenvalue weighted by Crippen LogP contribution is 2.47. The van der Waals surface area contributed by atoms with E-state index in [4.69, 9.17) is 23.5 Å². The lowest BCUT2D eigenvalue weighted by Gasteiger charge is -2.62. The molecule has 1 atom stereocenters. The van der Waals surface area contributed by atoms with Crippen LogP contribution in [0.25, 0.3) is 0 Å². The summed E-state index contributed by atoms with van der Waals surface area (Å²) in [6.07, 6.45) is 1.37. The maximum Gasteiger partial charge on any atom is 0.277 e. The number of aromatic hydroxyl groups is 1. The summed E-state index contributed by atoms with van der Waals surface area (Å²) in [7, 11) is 20.9. The second-order valence-corrected chi connectivity index (χ2v) is 9.81. The van der Waals surface area contributed by atoms with E-state index in [0.29, 0.717) is 5.75 Å². The molecule has 10 heteroatoms. The maximum atomic E-state index is 13.5. The van der Waals surface area contributed by atoms with Crippen LogP contribution in [0.5, 0.6) is 5.75 Å². The first kappa shape index (κ1) is 22.8. The van der Waals surface area contributed by atoms with E-state index in [9.17, 15) is 14.7 Å². The van der Waals surface area contributed by atoms with Crippen molar-refractivity contribution >= 4 is 41.2 Å². The van der Waals surface area contributed by atoms with Crippen LogP contribution in [0.15, 0.2) is 70.5 Å². The first-order valence-corrected chi connectivity index (χ1v) is 11.8. The molecule has 1 aromatic heterocycles. The molecule has 0 saturated carbocycles. The lowest BCUT2D eigenvalue weighted by Crippen LogP contribution is -2.78. The number of nitrogens with zero attached hydrogens (tertiary/aromatic N) is 3. The third-order valence-electron chi connectivity index (χ3n) is 6.38. The fourth-order valence-electron chi connectivity index (χ4n) is 4.99. The van der Waals surface area contributed by atoms with Gasteiger partial charge in [0, 0.05) is 34.4 Å². The zero-order chi connectivity index (χ0) is 24.4. The fraction of sp³-hybridized carbons (Fsp3) is 0.250. The minimum absolute atomic E-state index is 0.246. The predicted octanol–water partition coefficient (Wildman–Crippen LogP) is 1.98. The molecule has 0 aliphatic carbocycles. The Labute approximate surface area is 206 Å². The van der Waals surface area contributed by atoms with Crippen molar-refractivity contribution in [1.29, 1.82) is 0 Å². The van der Waals surface area contributed by atoms with Gasteiger partial charge in [-0.1, -0.05) is 42.5 Å². The molecular weight excluding hydrogens is 443 g/mol.